The van der Waals surface area contributed by atoms with Crippen LogP contribution < -0.4 is 5.48 Å². The molecule has 3 atom stereocenters. The van der Waals surface area contributed by atoms with Crippen molar-refractivity contribution in [3.05, 3.63) is 35.9 Å². The number of aryl methyl sites for hydroxylation is 1. The molecule has 2 rings (SSSR count). The smallest absolute Gasteiger partial charge is 0.307 e. The first kappa shape index (κ1) is 18.9. The average molecular weight is 348 g/mol. The van der Waals surface area contributed by atoms with E-state index in [4.69, 9.17) is 5.21 Å². The lowest BCUT2D eigenvalue weighted by Crippen LogP contribution is -2.50. The van der Waals surface area contributed by atoms with E-state index in [0.29, 0.717) is 32.1 Å². The van der Waals surface area contributed by atoms with E-state index in [0.717, 1.165) is 5.56 Å². The SMILES string of the molecule is CN(C(=O)[C@H]1CCC[C@H]1C(=O)O)C(CCc1ccccc1)C(=O)NO. The first-order valence-electron chi connectivity index (χ1n) is 8.43. The minimum absolute atomic E-state index is 0.336. The number of nitrogens with one attached hydrogen (secondary N) is 1. The van der Waals surface area contributed by atoms with E-state index in [-0.39, 0.29) is 5.91 Å². The lowest BCUT2D eigenvalue weighted by Gasteiger charge is -2.30. The summed E-state index contributed by atoms with van der Waals surface area (Å²) in [6, 6.07) is 8.67. The van der Waals surface area contributed by atoms with Crippen LogP contribution in [0.1, 0.15) is 31.2 Å². The van der Waals surface area contributed by atoms with E-state index in [1.165, 1.54) is 11.9 Å². The van der Waals surface area contributed by atoms with E-state index < -0.39 is 29.8 Å². The first-order valence-corrected chi connectivity index (χ1v) is 8.43. The van der Waals surface area contributed by atoms with Crippen LogP contribution in [0.4, 0.5) is 0 Å². The topological polar surface area (TPSA) is 107 Å². The molecule has 0 aliphatic heterocycles. The first-order chi connectivity index (χ1) is 12.0. The molecule has 136 valence electrons. The van der Waals surface area contributed by atoms with Crippen molar-refractivity contribution in [3.8, 4) is 0 Å². The van der Waals surface area contributed by atoms with Crippen LogP contribution in [-0.4, -0.2) is 46.1 Å². The van der Waals surface area contributed by atoms with Gasteiger partial charge in [-0.2, -0.15) is 0 Å². The predicted molar refractivity (Wildman–Crippen MR) is 89.7 cm³/mol. The van der Waals surface area contributed by atoms with Crippen LogP contribution in [0.2, 0.25) is 0 Å². The number of rotatable bonds is 7. The Hall–Kier alpha value is -2.41. The minimum Gasteiger partial charge on any atom is -0.481 e. The summed E-state index contributed by atoms with van der Waals surface area (Å²) in [5, 5.41) is 18.3. The van der Waals surface area contributed by atoms with Gasteiger partial charge in [-0.25, -0.2) is 5.48 Å². The lowest BCUT2D eigenvalue weighted by atomic mass is 9.93. The minimum atomic E-state index is -0.975. The highest BCUT2D eigenvalue weighted by Crippen LogP contribution is 2.33. The number of likely N-dealkylation sites (N-methyl/N-ethyl adjacent to an activating group) is 1. The number of carbonyl (C=O) groups is 3. The van der Waals surface area contributed by atoms with Crippen LogP contribution in [0.3, 0.4) is 0 Å². The van der Waals surface area contributed by atoms with Gasteiger partial charge >= 0.3 is 5.97 Å². The van der Waals surface area contributed by atoms with E-state index in [9.17, 15) is 19.5 Å². The number of carbonyl (C=O) groups excluding carboxylic acids is 2. The largest absolute Gasteiger partial charge is 0.481 e. The van der Waals surface area contributed by atoms with Gasteiger partial charge in [0.1, 0.15) is 6.04 Å². The van der Waals surface area contributed by atoms with Crippen molar-refractivity contribution in [2.24, 2.45) is 11.8 Å². The average Bonchev–Trinajstić information content (AvgIpc) is 3.11. The molecule has 1 aliphatic rings. The number of hydrogen-bond acceptors (Lipinski definition) is 4. The number of amides is 2. The molecule has 1 aromatic rings. The number of hydrogen-bond donors (Lipinski definition) is 3. The van der Waals surface area contributed by atoms with Crippen LogP contribution in [0.5, 0.6) is 0 Å². The summed E-state index contributed by atoms with van der Waals surface area (Å²) in [6.07, 6.45) is 2.56. The van der Waals surface area contributed by atoms with E-state index in [2.05, 4.69) is 0 Å². The third-order valence-corrected chi connectivity index (χ3v) is 4.93. The Balaban J connectivity index is 2.09. The van der Waals surface area contributed by atoms with Crippen LogP contribution in [0.15, 0.2) is 30.3 Å². The molecule has 1 unspecified atom stereocenters. The molecule has 0 spiro atoms. The summed E-state index contributed by atoms with van der Waals surface area (Å²) in [5.41, 5.74) is 2.63. The Labute approximate surface area is 146 Å². The molecule has 3 N–H and O–H groups in total. The van der Waals surface area contributed by atoms with Crippen molar-refractivity contribution in [2.45, 2.75) is 38.1 Å². The normalized spacial score (nSPS) is 20.7. The van der Waals surface area contributed by atoms with Gasteiger partial charge in [-0.05, 0) is 31.2 Å². The number of carboxylic acids is 1. The van der Waals surface area contributed by atoms with Gasteiger partial charge in [0.05, 0.1) is 11.8 Å². The number of aliphatic carboxylic acids is 1. The maximum atomic E-state index is 12.7. The highest BCUT2D eigenvalue weighted by molar-refractivity contribution is 5.90. The number of carboxylic acid groups (broad SMARTS) is 1. The number of benzene rings is 1. The van der Waals surface area contributed by atoms with Crippen molar-refractivity contribution in [1.29, 1.82) is 0 Å². The second-order valence-corrected chi connectivity index (χ2v) is 6.45. The zero-order chi connectivity index (χ0) is 18.4. The zero-order valence-electron chi connectivity index (χ0n) is 14.2. The molecule has 7 nitrogen and oxygen atoms in total. The molecule has 0 saturated heterocycles. The fourth-order valence-electron chi connectivity index (χ4n) is 3.49. The predicted octanol–water partition coefficient (Wildman–Crippen LogP) is 1.45. The third kappa shape index (κ3) is 4.57. The van der Waals surface area contributed by atoms with Crippen LogP contribution in [0.25, 0.3) is 0 Å². The molecular weight excluding hydrogens is 324 g/mol. The fraction of sp³-hybridized carbons (Fsp3) is 0.500. The van der Waals surface area contributed by atoms with Crippen molar-refractivity contribution in [3.63, 3.8) is 0 Å². The van der Waals surface area contributed by atoms with E-state index >= 15 is 0 Å². The van der Waals surface area contributed by atoms with Gasteiger partial charge in [-0.3, -0.25) is 19.6 Å². The fourth-order valence-corrected chi connectivity index (χ4v) is 3.49. The maximum absolute atomic E-state index is 12.7. The van der Waals surface area contributed by atoms with Gasteiger partial charge in [0.15, 0.2) is 0 Å². The van der Waals surface area contributed by atoms with Crippen molar-refractivity contribution >= 4 is 17.8 Å². The van der Waals surface area contributed by atoms with Crippen molar-refractivity contribution in [2.75, 3.05) is 7.05 Å². The van der Waals surface area contributed by atoms with Crippen molar-refractivity contribution < 1.29 is 24.7 Å². The number of hydroxylamine groups is 1. The third-order valence-electron chi connectivity index (χ3n) is 4.93. The highest BCUT2D eigenvalue weighted by atomic mass is 16.5. The lowest BCUT2D eigenvalue weighted by molar-refractivity contribution is -0.151. The molecular formula is C18H24N2O5. The standard InChI is InChI=1S/C18H24N2O5/c1-20(17(22)13-8-5-9-14(13)18(23)24)15(16(21)19-25)11-10-12-6-3-2-4-7-12/h2-4,6-7,13-15,25H,5,8-11H2,1H3,(H,19,21)(H,23,24)/t13-,14+,15?/m0/s1. The molecule has 0 aromatic heterocycles. The van der Waals surface area contributed by atoms with Crippen LogP contribution >= 0.6 is 0 Å². The monoisotopic (exact) mass is 348 g/mol. The number of nitrogens with zero attached hydrogens (tertiary/aromatic N) is 1. The molecule has 0 radical (unpaired) electrons. The summed E-state index contributed by atoms with van der Waals surface area (Å²) < 4.78 is 0. The van der Waals surface area contributed by atoms with Gasteiger partial charge in [-0.1, -0.05) is 36.8 Å². The molecule has 25 heavy (non-hydrogen) atoms. The van der Waals surface area contributed by atoms with Gasteiger partial charge < -0.3 is 10.0 Å². The molecule has 7 heteroatoms. The molecule has 1 saturated carbocycles. The summed E-state index contributed by atoms with van der Waals surface area (Å²) in [4.78, 5) is 37.4. The van der Waals surface area contributed by atoms with Crippen molar-refractivity contribution in [1.82, 2.24) is 10.4 Å². The Morgan fingerprint density at radius 1 is 1.20 bits per heavy atom. The van der Waals surface area contributed by atoms with Gasteiger partial charge in [0.2, 0.25) is 5.91 Å². The van der Waals surface area contributed by atoms with Gasteiger partial charge in [0.25, 0.3) is 5.91 Å². The van der Waals surface area contributed by atoms with Gasteiger partial charge in [0, 0.05) is 7.05 Å². The van der Waals surface area contributed by atoms with E-state index in [1.807, 2.05) is 30.3 Å². The maximum Gasteiger partial charge on any atom is 0.307 e. The molecule has 1 aliphatic carbocycles. The Morgan fingerprint density at radius 2 is 1.84 bits per heavy atom. The van der Waals surface area contributed by atoms with E-state index in [1.54, 1.807) is 5.48 Å². The molecule has 0 bridgehead atoms. The summed E-state index contributed by atoms with van der Waals surface area (Å²) in [7, 11) is 1.49. The van der Waals surface area contributed by atoms with Gasteiger partial charge in [-0.15, -0.1) is 0 Å². The Kier molecular flexibility index (Phi) is 6.52. The summed E-state index contributed by atoms with van der Waals surface area (Å²) in [6.45, 7) is 0. The Bertz CT molecular complexity index is 619. The van der Waals surface area contributed by atoms with Crippen LogP contribution in [0, 0.1) is 11.8 Å². The second kappa shape index (κ2) is 8.62. The summed E-state index contributed by atoms with van der Waals surface area (Å²) >= 11 is 0. The molecule has 2 amide bonds. The Morgan fingerprint density at radius 3 is 2.44 bits per heavy atom. The molecule has 1 fully saturated rings. The highest BCUT2D eigenvalue weighted by Gasteiger charge is 2.41. The summed E-state index contributed by atoms with van der Waals surface area (Å²) in [5.74, 6) is -3.32. The molecule has 1 aromatic carbocycles. The van der Waals surface area contributed by atoms with Crippen LogP contribution in [-0.2, 0) is 20.8 Å². The zero-order valence-corrected chi connectivity index (χ0v) is 14.2. The second-order valence-electron chi connectivity index (χ2n) is 6.45. The molecule has 0 heterocycles. The quantitative estimate of drug-likeness (QED) is 0.511.